The van der Waals surface area contributed by atoms with E-state index >= 15 is 0 Å². The fourth-order valence-electron chi connectivity index (χ4n) is 2.98. The second-order valence-electron chi connectivity index (χ2n) is 6.66. The quantitative estimate of drug-likeness (QED) is 0.808. The number of carbonyl (C=O) groups is 1. The maximum atomic E-state index is 14.0. The summed E-state index contributed by atoms with van der Waals surface area (Å²) < 4.78 is 27.5. The molecule has 2 atom stereocenters. The molecule has 0 aromatic heterocycles. The van der Waals surface area contributed by atoms with Crippen LogP contribution in [0, 0.1) is 11.6 Å². The van der Waals surface area contributed by atoms with Crippen LogP contribution in [0.15, 0.2) is 18.2 Å². The van der Waals surface area contributed by atoms with Gasteiger partial charge >= 0.3 is 6.09 Å². The summed E-state index contributed by atoms with van der Waals surface area (Å²) in [5.41, 5.74) is -0.422. The van der Waals surface area contributed by atoms with Crippen molar-refractivity contribution in [3.8, 4) is 0 Å². The smallest absolute Gasteiger partial charge is 0.408 e. The molecular weight excluding hydrogens is 322 g/mol. The third-order valence-corrected chi connectivity index (χ3v) is 4.41. The van der Waals surface area contributed by atoms with Crippen molar-refractivity contribution in [3.05, 3.63) is 35.4 Å². The summed E-state index contributed by atoms with van der Waals surface area (Å²) in [6.45, 7) is 5.68. The molecule has 1 fully saturated rings. The molecular formula is C16H20F2N2O2S. The Bertz CT molecular complexity index is 631. The summed E-state index contributed by atoms with van der Waals surface area (Å²) in [7, 11) is 0. The number of nitrogens with zero attached hydrogens (tertiary/aromatic N) is 1. The van der Waals surface area contributed by atoms with Gasteiger partial charge in [0.05, 0.1) is 11.0 Å². The summed E-state index contributed by atoms with van der Waals surface area (Å²) >= 11 is 5.27. The van der Waals surface area contributed by atoms with E-state index in [1.807, 2.05) is 0 Å². The van der Waals surface area contributed by atoms with Crippen molar-refractivity contribution < 1.29 is 18.7 Å². The number of piperidine rings is 1. The van der Waals surface area contributed by atoms with Gasteiger partial charge in [0.2, 0.25) is 0 Å². The van der Waals surface area contributed by atoms with E-state index in [1.165, 1.54) is 17.0 Å². The van der Waals surface area contributed by atoms with Crippen LogP contribution in [0.1, 0.15) is 38.7 Å². The molecule has 126 valence electrons. The number of carboxylic acid groups (broad SMARTS) is 1. The maximum Gasteiger partial charge on any atom is 0.408 e. The Morgan fingerprint density at radius 1 is 1.39 bits per heavy atom. The van der Waals surface area contributed by atoms with Gasteiger partial charge in [0.25, 0.3) is 0 Å². The number of nitrogens with one attached hydrogen (secondary N) is 1. The molecule has 1 heterocycles. The maximum absolute atomic E-state index is 14.0. The number of halogens is 2. The van der Waals surface area contributed by atoms with Crippen molar-refractivity contribution in [1.82, 2.24) is 10.2 Å². The Hall–Kier alpha value is -1.76. The molecule has 7 heteroatoms. The van der Waals surface area contributed by atoms with Crippen LogP contribution in [0.3, 0.4) is 0 Å². The summed E-state index contributed by atoms with van der Waals surface area (Å²) in [4.78, 5) is 13.3. The monoisotopic (exact) mass is 342 g/mol. The van der Waals surface area contributed by atoms with Crippen LogP contribution in [0.5, 0.6) is 0 Å². The van der Waals surface area contributed by atoms with E-state index in [4.69, 9.17) is 12.2 Å². The highest BCUT2D eigenvalue weighted by atomic mass is 32.1. The molecule has 0 spiro atoms. The van der Waals surface area contributed by atoms with Crippen molar-refractivity contribution in [2.24, 2.45) is 0 Å². The molecule has 1 aliphatic heterocycles. The highest BCUT2D eigenvalue weighted by Gasteiger charge is 2.40. The third-order valence-electron chi connectivity index (χ3n) is 3.99. The first-order chi connectivity index (χ1) is 10.6. The van der Waals surface area contributed by atoms with Crippen LogP contribution in [0.4, 0.5) is 13.6 Å². The second-order valence-corrected chi connectivity index (χ2v) is 7.10. The Morgan fingerprint density at radius 2 is 2.04 bits per heavy atom. The fourth-order valence-corrected chi connectivity index (χ4v) is 3.27. The van der Waals surface area contributed by atoms with Gasteiger partial charge in [-0.15, -0.1) is 0 Å². The number of hydrogen-bond donors (Lipinski definition) is 2. The lowest BCUT2D eigenvalue weighted by atomic mass is 9.86. The fraction of sp³-hybridized carbons (Fsp3) is 0.500. The predicted molar refractivity (Wildman–Crippen MR) is 87.7 cm³/mol. The first-order valence-electron chi connectivity index (χ1n) is 7.36. The highest BCUT2D eigenvalue weighted by molar-refractivity contribution is 7.80. The zero-order valence-corrected chi connectivity index (χ0v) is 14.1. The van der Waals surface area contributed by atoms with Gasteiger partial charge in [-0.05, 0) is 38.8 Å². The normalized spacial score (nSPS) is 21.7. The van der Waals surface area contributed by atoms with Gasteiger partial charge in [-0.3, -0.25) is 4.90 Å². The zero-order chi connectivity index (χ0) is 17.4. The summed E-state index contributed by atoms with van der Waals surface area (Å²) in [5, 5.41) is 12.5. The molecule has 0 saturated carbocycles. The van der Waals surface area contributed by atoms with Gasteiger partial charge in [-0.25, -0.2) is 13.6 Å². The van der Waals surface area contributed by atoms with Crippen molar-refractivity contribution in [2.45, 2.75) is 44.7 Å². The van der Waals surface area contributed by atoms with E-state index in [2.05, 4.69) is 5.32 Å². The van der Waals surface area contributed by atoms with E-state index in [0.717, 1.165) is 6.07 Å². The Labute approximate surface area is 139 Å². The minimum atomic E-state index is -1.09. The molecule has 2 rings (SSSR count). The molecule has 1 aromatic carbocycles. The molecule has 1 amide bonds. The van der Waals surface area contributed by atoms with Gasteiger partial charge in [0.15, 0.2) is 11.6 Å². The van der Waals surface area contributed by atoms with Gasteiger partial charge in [0, 0.05) is 18.0 Å². The molecule has 0 unspecified atom stereocenters. The lowest BCUT2D eigenvalue weighted by Gasteiger charge is -2.43. The molecule has 1 aromatic rings. The van der Waals surface area contributed by atoms with Gasteiger partial charge in [-0.2, -0.15) is 0 Å². The Morgan fingerprint density at radius 3 is 2.61 bits per heavy atom. The number of thiocarbonyl (C=S) groups is 1. The number of amides is 1. The standard InChI is InChI=1S/C16H20F2N2O2S/c1-16(2,3)20(15(21)22)12-7-9(8-19-14(12)23)10-5-4-6-11(17)13(10)18/h4-6,9,12H,7-8H2,1-3H3,(H,19,23)(H,21,22)/t9-,12+/m1/s1. The van der Waals surface area contributed by atoms with E-state index < -0.39 is 29.3 Å². The van der Waals surface area contributed by atoms with Gasteiger partial charge in [0.1, 0.15) is 0 Å². The Kier molecular flexibility index (Phi) is 4.89. The van der Waals surface area contributed by atoms with Crippen LogP contribution in [-0.4, -0.2) is 39.2 Å². The van der Waals surface area contributed by atoms with Crippen LogP contribution in [0.25, 0.3) is 0 Å². The predicted octanol–water partition coefficient (Wildman–Crippen LogP) is 3.52. The van der Waals surface area contributed by atoms with Crippen molar-refractivity contribution in [1.29, 1.82) is 0 Å². The molecule has 23 heavy (non-hydrogen) atoms. The lowest BCUT2D eigenvalue weighted by Crippen LogP contribution is -2.59. The average Bonchev–Trinajstić information content (AvgIpc) is 2.42. The zero-order valence-electron chi connectivity index (χ0n) is 13.3. The van der Waals surface area contributed by atoms with Crippen molar-refractivity contribution >= 4 is 23.3 Å². The van der Waals surface area contributed by atoms with Crippen LogP contribution < -0.4 is 5.32 Å². The van der Waals surface area contributed by atoms with Crippen LogP contribution in [0.2, 0.25) is 0 Å². The SMILES string of the molecule is CC(C)(C)N(C(=O)O)[C@H]1C[C@@H](c2cccc(F)c2F)CNC1=S. The van der Waals surface area contributed by atoms with E-state index in [-0.39, 0.29) is 11.5 Å². The Balaban J connectivity index is 2.34. The molecule has 0 bridgehead atoms. The third kappa shape index (κ3) is 3.60. The summed E-state index contributed by atoms with van der Waals surface area (Å²) in [6, 6.07) is 3.46. The minimum absolute atomic E-state index is 0.240. The summed E-state index contributed by atoms with van der Waals surface area (Å²) in [6.07, 6.45) is -0.775. The van der Waals surface area contributed by atoms with Crippen LogP contribution >= 0.6 is 12.2 Å². The molecule has 4 nitrogen and oxygen atoms in total. The number of hydrogen-bond acceptors (Lipinski definition) is 2. The van der Waals surface area contributed by atoms with Gasteiger partial charge in [-0.1, -0.05) is 24.4 Å². The molecule has 0 aliphatic carbocycles. The van der Waals surface area contributed by atoms with Crippen molar-refractivity contribution in [2.75, 3.05) is 6.54 Å². The molecule has 1 saturated heterocycles. The molecule has 0 radical (unpaired) electrons. The molecule has 1 aliphatic rings. The largest absolute Gasteiger partial charge is 0.465 e. The van der Waals surface area contributed by atoms with Crippen molar-refractivity contribution in [3.63, 3.8) is 0 Å². The van der Waals surface area contributed by atoms with E-state index in [1.54, 1.807) is 20.8 Å². The number of benzene rings is 1. The lowest BCUT2D eigenvalue weighted by molar-refractivity contribution is 0.0813. The summed E-state index contributed by atoms with van der Waals surface area (Å²) in [5.74, 6) is -2.15. The van der Waals surface area contributed by atoms with Gasteiger partial charge < -0.3 is 10.4 Å². The molecule has 2 N–H and O–H groups in total. The second kappa shape index (κ2) is 6.39. The highest BCUT2D eigenvalue weighted by Crippen LogP contribution is 2.32. The van der Waals surface area contributed by atoms with E-state index in [9.17, 15) is 18.7 Å². The average molecular weight is 342 g/mol. The first kappa shape index (κ1) is 17.6. The number of rotatable bonds is 2. The first-order valence-corrected chi connectivity index (χ1v) is 7.77. The topological polar surface area (TPSA) is 52.6 Å². The van der Waals surface area contributed by atoms with Crippen LogP contribution in [-0.2, 0) is 0 Å². The minimum Gasteiger partial charge on any atom is -0.465 e. The van der Waals surface area contributed by atoms with E-state index in [0.29, 0.717) is 18.0 Å².